The van der Waals surface area contributed by atoms with Crippen molar-refractivity contribution in [1.29, 1.82) is 0 Å². The summed E-state index contributed by atoms with van der Waals surface area (Å²) in [6, 6.07) is 14.1. The lowest BCUT2D eigenvalue weighted by atomic mass is 10.1. The molecule has 0 spiro atoms. The Bertz CT molecular complexity index is 598. The van der Waals surface area contributed by atoms with Gasteiger partial charge in [-0.3, -0.25) is 4.79 Å². The Morgan fingerprint density at radius 3 is 2.36 bits per heavy atom. The van der Waals surface area contributed by atoms with E-state index < -0.39 is 0 Å². The van der Waals surface area contributed by atoms with Crippen LogP contribution in [0.2, 0.25) is 0 Å². The maximum absolute atomic E-state index is 12.2. The monoisotopic (exact) mass is 298 g/mol. The molecule has 0 aliphatic rings. The molecule has 0 aliphatic carbocycles. The molecular weight excluding hydrogens is 272 g/mol. The first-order valence-electron chi connectivity index (χ1n) is 8.24. The molecule has 118 valence electrons. The van der Waals surface area contributed by atoms with Gasteiger partial charge in [0, 0.05) is 24.0 Å². The van der Waals surface area contributed by atoms with Gasteiger partial charge in [-0.15, -0.1) is 0 Å². The molecule has 1 N–H and O–H groups in total. The minimum Gasteiger partial charge on any atom is -0.325 e. The maximum atomic E-state index is 12.2. The molecule has 0 aromatic heterocycles. The molecule has 0 aliphatic heterocycles. The summed E-state index contributed by atoms with van der Waals surface area (Å²) in [7, 11) is 0. The largest absolute Gasteiger partial charge is 0.325 e. The second-order valence-electron chi connectivity index (χ2n) is 5.67. The van der Waals surface area contributed by atoms with Crippen molar-refractivity contribution in [2.24, 2.45) is 0 Å². The molecule has 0 radical (unpaired) electrons. The van der Waals surface area contributed by atoms with E-state index in [1.165, 1.54) is 0 Å². The number of nitrogens with zero attached hydrogens (tertiary/aromatic N) is 1. The summed E-state index contributed by atoms with van der Waals surface area (Å²) in [6.07, 6.45) is 2.80. The van der Waals surface area contributed by atoms with Crippen LogP contribution in [-0.4, -0.2) is 30.4 Å². The van der Waals surface area contributed by atoms with Gasteiger partial charge in [-0.05, 0) is 37.4 Å². The fourth-order valence-electron chi connectivity index (χ4n) is 2.77. The van der Waals surface area contributed by atoms with Crippen LogP contribution >= 0.6 is 0 Å². The SMILES string of the molecule is CCCN(CCC)CCC(=O)Nc1cccc2ccccc12. The lowest BCUT2D eigenvalue weighted by Gasteiger charge is -2.20. The predicted molar refractivity (Wildman–Crippen MR) is 94.2 cm³/mol. The molecule has 0 heterocycles. The van der Waals surface area contributed by atoms with E-state index in [2.05, 4.69) is 36.2 Å². The van der Waals surface area contributed by atoms with E-state index in [0.717, 1.165) is 48.9 Å². The summed E-state index contributed by atoms with van der Waals surface area (Å²) in [5.74, 6) is 0.0913. The molecule has 0 atom stereocenters. The highest BCUT2D eigenvalue weighted by atomic mass is 16.1. The van der Waals surface area contributed by atoms with E-state index in [-0.39, 0.29) is 5.91 Å². The first-order valence-corrected chi connectivity index (χ1v) is 8.24. The van der Waals surface area contributed by atoms with Crippen LogP contribution in [0.3, 0.4) is 0 Å². The number of rotatable bonds is 8. The maximum Gasteiger partial charge on any atom is 0.225 e. The molecular formula is C19H26N2O. The Labute approximate surface area is 133 Å². The number of benzene rings is 2. The van der Waals surface area contributed by atoms with E-state index in [1.807, 2.05) is 30.3 Å². The van der Waals surface area contributed by atoms with Gasteiger partial charge in [-0.25, -0.2) is 0 Å². The van der Waals surface area contributed by atoms with Crippen LogP contribution in [0.1, 0.15) is 33.1 Å². The van der Waals surface area contributed by atoms with Crippen molar-refractivity contribution < 1.29 is 4.79 Å². The van der Waals surface area contributed by atoms with E-state index in [4.69, 9.17) is 0 Å². The first kappa shape index (κ1) is 16.5. The van der Waals surface area contributed by atoms with Crippen molar-refractivity contribution in [3.8, 4) is 0 Å². The van der Waals surface area contributed by atoms with Gasteiger partial charge in [-0.1, -0.05) is 50.2 Å². The Hall–Kier alpha value is -1.87. The molecule has 1 amide bonds. The summed E-state index contributed by atoms with van der Waals surface area (Å²) in [4.78, 5) is 14.6. The third-order valence-corrected chi connectivity index (χ3v) is 3.80. The van der Waals surface area contributed by atoms with Gasteiger partial charge in [-0.2, -0.15) is 0 Å². The molecule has 2 aromatic carbocycles. The summed E-state index contributed by atoms with van der Waals surface area (Å²) in [6.45, 7) is 7.32. The van der Waals surface area contributed by atoms with Crippen LogP contribution in [0.5, 0.6) is 0 Å². The third-order valence-electron chi connectivity index (χ3n) is 3.80. The van der Waals surface area contributed by atoms with Crippen LogP contribution in [0, 0.1) is 0 Å². The normalized spacial score (nSPS) is 11.0. The molecule has 2 aromatic rings. The average molecular weight is 298 g/mol. The van der Waals surface area contributed by atoms with E-state index >= 15 is 0 Å². The Kier molecular flexibility index (Phi) is 6.41. The lowest BCUT2D eigenvalue weighted by molar-refractivity contribution is -0.116. The highest BCUT2D eigenvalue weighted by molar-refractivity contribution is 6.02. The number of amides is 1. The summed E-state index contributed by atoms with van der Waals surface area (Å²) >= 11 is 0. The molecule has 0 saturated heterocycles. The second kappa shape index (κ2) is 8.54. The van der Waals surface area contributed by atoms with Gasteiger partial charge in [0.15, 0.2) is 0 Å². The summed E-state index contributed by atoms with van der Waals surface area (Å²) in [5.41, 5.74) is 0.903. The highest BCUT2D eigenvalue weighted by Gasteiger charge is 2.08. The third kappa shape index (κ3) is 4.57. The topological polar surface area (TPSA) is 32.3 Å². The number of carbonyl (C=O) groups excluding carboxylic acids is 1. The average Bonchev–Trinajstić information content (AvgIpc) is 2.53. The van der Waals surface area contributed by atoms with Crippen LogP contribution in [0.25, 0.3) is 10.8 Å². The first-order chi connectivity index (χ1) is 10.7. The number of fused-ring (bicyclic) bond motifs is 1. The van der Waals surface area contributed by atoms with Gasteiger partial charge < -0.3 is 10.2 Å². The molecule has 3 heteroatoms. The Morgan fingerprint density at radius 1 is 0.955 bits per heavy atom. The number of nitrogens with one attached hydrogen (secondary N) is 1. The van der Waals surface area contributed by atoms with E-state index in [0.29, 0.717) is 6.42 Å². The van der Waals surface area contributed by atoms with Gasteiger partial charge in [0.1, 0.15) is 0 Å². The van der Waals surface area contributed by atoms with Crippen LogP contribution in [0.4, 0.5) is 5.69 Å². The fraction of sp³-hybridized carbons (Fsp3) is 0.421. The van der Waals surface area contributed by atoms with Crippen LogP contribution < -0.4 is 5.32 Å². The van der Waals surface area contributed by atoms with Crippen molar-refractivity contribution in [3.05, 3.63) is 42.5 Å². The number of hydrogen-bond donors (Lipinski definition) is 1. The minimum absolute atomic E-state index is 0.0913. The molecule has 3 nitrogen and oxygen atoms in total. The summed E-state index contributed by atoms with van der Waals surface area (Å²) < 4.78 is 0. The molecule has 0 saturated carbocycles. The van der Waals surface area contributed by atoms with Crippen molar-refractivity contribution in [2.75, 3.05) is 25.0 Å². The fourth-order valence-corrected chi connectivity index (χ4v) is 2.77. The smallest absolute Gasteiger partial charge is 0.225 e. The van der Waals surface area contributed by atoms with Crippen molar-refractivity contribution in [1.82, 2.24) is 4.90 Å². The second-order valence-corrected chi connectivity index (χ2v) is 5.67. The molecule has 0 fully saturated rings. The Balaban J connectivity index is 1.96. The van der Waals surface area contributed by atoms with E-state index in [9.17, 15) is 4.79 Å². The number of carbonyl (C=O) groups is 1. The minimum atomic E-state index is 0.0913. The number of anilines is 1. The zero-order chi connectivity index (χ0) is 15.8. The van der Waals surface area contributed by atoms with Gasteiger partial charge in [0.25, 0.3) is 0 Å². The van der Waals surface area contributed by atoms with Crippen molar-refractivity contribution >= 4 is 22.4 Å². The molecule has 0 bridgehead atoms. The molecule has 22 heavy (non-hydrogen) atoms. The van der Waals surface area contributed by atoms with Crippen LogP contribution in [0.15, 0.2) is 42.5 Å². The van der Waals surface area contributed by atoms with E-state index in [1.54, 1.807) is 0 Å². The zero-order valence-electron chi connectivity index (χ0n) is 13.6. The summed E-state index contributed by atoms with van der Waals surface area (Å²) in [5, 5.41) is 5.31. The predicted octanol–water partition coefficient (Wildman–Crippen LogP) is 4.29. The Morgan fingerprint density at radius 2 is 1.64 bits per heavy atom. The van der Waals surface area contributed by atoms with Gasteiger partial charge >= 0.3 is 0 Å². The number of hydrogen-bond acceptors (Lipinski definition) is 2. The molecule has 0 unspecified atom stereocenters. The van der Waals surface area contributed by atoms with Gasteiger partial charge in [0.2, 0.25) is 5.91 Å². The molecule has 2 rings (SSSR count). The lowest BCUT2D eigenvalue weighted by Crippen LogP contribution is -2.29. The van der Waals surface area contributed by atoms with Crippen molar-refractivity contribution in [3.63, 3.8) is 0 Å². The quantitative estimate of drug-likeness (QED) is 0.788. The highest BCUT2D eigenvalue weighted by Crippen LogP contribution is 2.22. The van der Waals surface area contributed by atoms with Gasteiger partial charge in [0.05, 0.1) is 0 Å². The zero-order valence-corrected chi connectivity index (χ0v) is 13.6. The van der Waals surface area contributed by atoms with Crippen LogP contribution in [-0.2, 0) is 4.79 Å². The standard InChI is InChI=1S/C19H26N2O/c1-3-13-21(14-4-2)15-12-19(22)20-18-11-7-9-16-8-5-6-10-17(16)18/h5-11H,3-4,12-15H2,1-2H3,(H,20,22). The van der Waals surface area contributed by atoms with Crippen molar-refractivity contribution in [2.45, 2.75) is 33.1 Å².